The van der Waals surface area contributed by atoms with Gasteiger partial charge in [-0.2, -0.15) is 0 Å². The molecule has 2 rings (SSSR count). The monoisotopic (exact) mass is 364 g/mol. The molecule has 8 heteroatoms. The minimum absolute atomic E-state index is 0.00257. The number of nitrogens with one attached hydrogen (secondary N) is 1. The Hall–Kier alpha value is -0.820. The maximum Gasteiger partial charge on any atom is 0.225 e. The first-order chi connectivity index (χ1) is 10.3. The lowest BCUT2D eigenvalue weighted by Gasteiger charge is -2.22. The van der Waals surface area contributed by atoms with Gasteiger partial charge >= 0.3 is 0 Å². The lowest BCUT2D eigenvalue weighted by molar-refractivity contribution is -0.116. The summed E-state index contributed by atoms with van der Waals surface area (Å²) in [7, 11) is -1.06. The van der Waals surface area contributed by atoms with Crippen LogP contribution in [0.1, 0.15) is 12.8 Å². The zero-order chi connectivity index (χ0) is 16.3. The Morgan fingerprint density at radius 2 is 2.09 bits per heavy atom. The zero-order valence-electron chi connectivity index (χ0n) is 12.2. The van der Waals surface area contributed by atoms with Crippen LogP contribution >= 0.6 is 23.2 Å². The molecular formula is C14H18Cl2N2O3S. The van der Waals surface area contributed by atoms with Gasteiger partial charge in [-0.05, 0) is 31.7 Å². The Labute approximate surface area is 140 Å². The van der Waals surface area contributed by atoms with Crippen molar-refractivity contribution in [3.8, 4) is 0 Å². The summed E-state index contributed by atoms with van der Waals surface area (Å²) < 4.78 is 22.9. The van der Waals surface area contributed by atoms with Crippen molar-refractivity contribution in [1.82, 2.24) is 4.90 Å². The van der Waals surface area contributed by atoms with Gasteiger partial charge in [-0.1, -0.05) is 23.2 Å². The van der Waals surface area contributed by atoms with Crippen LogP contribution in [-0.2, 0) is 14.6 Å². The molecule has 1 fully saturated rings. The molecule has 0 saturated carbocycles. The zero-order valence-corrected chi connectivity index (χ0v) is 14.5. The molecule has 1 N–H and O–H groups in total. The summed E-state index contributed by atoms with van der Waals surface area (Å²) in [5.41, 5.74) is 0.588. The standard InChI is InChI=1S/C14H18Cl2N2O3S/c1-18(11-5-7-22(20,21)9-11)6-4-14(19)17-10-2-3-12(15)13(16)8-10/h2-3,8,11H,4-7,9H2,1H3,(H,17,19). The molecule has 1 heterocycles. The second-order valence-corrected chi connectivity index (χ2v) is 8.51. The Morgan fingerprint density at radius 3 is 2.68 bits per heavy atom. The van der Waals surface area contributed by atoms with Crippen LogP contribution in [0.2, 0.25) is 10.0 Å². The third-order valence-electron chi connectivity index (χ3n) is 3.73. The molecule has 22 heavy (non-hydrogen) atoms. The smallest absolute Gasteiger partial charge is 0.225 e. The molecule has 1 amide bonds. The molecule has 0 aromatic heterocycles. The molecule has 0 radical (unpaired) electrons. The van der Waals surface area contributed by atoms with E-state index in [1.165, 1.54) is 0 Å². The molecule has 1 aliphatic heterocycles. The van der Waals surface area contributed by atoms with Gasteiger partial charge in [0, 0.05) is 24.7 Å². The fraction of sp³-hybridized carbons (Fsp3) is 0.500. The average Bonchev–Trinajstić information content (AvgIpc) is 2.81. The number of carbonyl (C=O) groups is 1. The van der Waals surface area contributed by atoms with Gasteiger partial charge in [0.15, 0.2) is 9.84 Å². The van der Waals surface area contributed by atoms with E-state index in [0.29, 0.717) is 28.7 Å². The van der Waals surface area contributed by atoms with E-state index in [4.69, 9.17) is 23.2 Å². The number of carbonyl (C=O) groups excluding carboxylic acids is 1. The van der Waals surface area contributed by atoms with Crippen LogP contribution in [0.4, 0.5) is 5.69 Å². The molecule has 0 aliphatic carbocycles. The second kappa shape index (κ2) is 7.17. The van der Waals surface area contributed by atoms with E-state index in [-0.39, 0.29) is 29.9 Å². The first-order valence-corrected chi connectivity index (χ1v) is 9.50. The van der Waals surface area contributed by atoms with Crippen LogP contribution in [0.5, 0.6) is 0 Å². The van der Waals surface area contributed by atoms with Crippen LogP contribution in [0.25, 0.3) is 0 Å². The predicted octanol–water partition coefficient (Wildman–Crippen LogP) is 2.44. The van der Waals surface area contributed by atoms with Gasteiger partial charge in [0.05, 0.1) is 21.6 Å². The number of nitrogens with zero attached hydrogens (tertiary/aromatic N) is 1. The van der Waals surface area contributed by atoms with E-state index in [1.54, 1.807) is 18.2 Å². The van der Waals surface area contributed by atoms with Crippen molar-refractivity contribution in [1.29, 1.82) is 0 Å². The van der Waals surface area contributed by atoms with Crippen molar-refractivity contribution in [2.75, 3.05) is 30.4 Å². The van der Waals surface area contributed by atoms with E-state index in [1.807, 2.05) is 11.9 Å². The molecule has 5 nitrogen and oxygen atoms in total. The number of amides is 1. The highest BCUT2D eigenvalue weighted by atomic mass is 35.5. The Bertz CT molecular complexity index is 664. The Morgan fingerprint density at radius 1 is 1.36 bits per heavy atom. The number of halogens is 2. The molecule has 1 aliphatic rings. The highest BCUT2D eigenvalue weighted by Gasteiger charge is 2.30. The second-order valence-electron chi connectivity index (χ2n) is 5.46. The first kappa shape index (κ1) is 17.5. The molecule has 1 aromatic rings. The van der Waals surface area contributed by atoms with Crippen molar-refractivity contribution in [2.24, 2.45) is 0 Å². The minimum atomic E-state index is -2.91. The lowest BCUT2D eigenvalue weighted by atomic mass is 10.2. The van der Waals surface area contributed by atoms with Gasteiger partial charge in [-0.25, -0.2) is 8.42 Å². The summed E-state index contributed by atoms with van der Waals surface area (Å²) in [5.74, 6) is 0.265. The van der Waals surface area contributed by atoms with Crippen LogP contribution < -0.4 is 5.32 Å². The lowest BCUT2D eigenvalue weighted by Crippen LogP contribution is -2.35. The quantitative estimate of drug-likeness (QED) is 0.871. The van der Waals surface area contributed by atoms with E-state index in [0.717, 1.165) is 0 Å². The summed E-state index contributed by atoms with van der Waals surface area (Å²) in [5, 5.41) is 3.56. The average molecular weight is 365 g/mol. The van der Waals surface area contributed by atoms with Gasteiger partial charge in [0.2, 0.25) is 5.91 Å². The maximum absolute atomic E-state index is 11.9. The molecule has 1 unspecified atom stereocenters. The number of hydrogen-bond acceptors (Lipinski definition) is 4. The summed E-state index contributed by atoms with van der Waals surface area (Å²) in [4.78, 5) is 13.9. The molecule has 122 valence electrons. The third kappa shape index (κ3) is 4.84. The van der Waals surface area contributed by atoms with E-state index >= 15 is 0 Å². The summed E-state index contributed by atoms with van der Waals surface area (Å²) >= 11 is 11.7. The summed E-state index contributed by atoms with van der Waals surface area (Å²) in [6.45, 7) is 0.507. The maximum atomic E-state index is 11.9. The van der Waals surface area contributed by atoms with Gasteiger partial charge in [0.1, 0.15) is 0 Å². The first-order valence-electron chi connectivity index (χ1n) is 6.92. The van der Waals surface area contributed by atoms with E-state index in [2.05, 4.69) is 5.32 Å². The Kier molecular flexibility index (Phi) is 5.71. The van der Waals surface area contributed by atoms with Crippen molar-refractivity contribution < 1.29 is 13.2 Å². The molecule has 1 atom stereocenters. The predicted molar refractivity (Wildman–Crippen MR) is 89.4 cm³/mol. The van der Waals surface area contributed by atoms with Crippen molar-refractivity contribution >= 4 is 44.6 Å². The van der Waals surface area contributed by atoms with Crippen LogP contribution in [0.3, 0.4) is 0 Å². The van der Waals surface area contributed by atoms with E-state index < -0.39 is 9.84 Å². The fourth-order valence-electron chi connectivity index (χ4n) is 2.38. The van der Waals surface area contributed by atoms with Crippen molar-refractivity contribution in [3.05, 3.63) is 28.2 Å². The topological polar surface area (TPSA) is 66.5 Å². The van der Waals surface area contributed by atoms with Crippen molar-refractivity contribution in [3.63, 3.8) is 0 Å². The number of hydrogen-bond donors (Lipinski definition) is 1. The van der Waals surface area contributed by atoms with Gasteiger partial charge in [-0.3, -0.25) is 4.79 Å². The van der Waals surface area contributed by atoms with Crippen LogP contribution in [-0.4, -0.2) is 50.4 Å². The number of rotatable bonds is 5. The largest absolute Gasteiger partial charge is 0.326 e. The number of anilines is 1. The molecule has 1 saturated heterocycles. The highest BCUT2D eigenvalue weighted by Crippen LogP contribution is 2.25. The normalized spacial score (nSPS) is 20.3. The molecule has 1 aromatic carbocycles. The summed E-state index contributed by atoms with van der Waals surface area (Å²) in [6.07, 6.45) is 0.917. The molecule has 0 spiro atoms. The van der Waals surface area contributed by atoms with Crippen LogP contribution in [0.15, 0.2) is 18.2 Å². The molecule has 0 bridgehead atoms. The number of benzene rings is 1. The molecular weight excluding hydrogens is 347 g/mol. The van der Waals surface area contributed by atoms with Crippen molar-refractivity contribution in [2.45, 2.75) is 18.9 Å². The third-order valence-corrected chi connectivity index (χ3v) is 6.22. The van der Waals surface area contributed by atoms with Crippen LogP contribution in [0, 0.1) is 0 Å². The Balaban J connectivity index is 1.81. The van der Waals surface area contributed by atoms with Gasteiger partial charge < -0.3 is 10.2 Å². The van der Waals surface area contributed by atoms with Gasteiger partial charge in [0.25, 0.3) is 0 Å². The highest BCUT2D eigenvalue weighted by molar-refractivity contribution is 7.91. The van der Waals surface area contributed by atoms with Gasteiger partial charge in [-0.15, -0.1) is 0 Å². The van der Waals surface area contributed by atoms with E-state index in [9.17, 15) is 13.2 Å². The number of sulfone groups is 1. The SMILES string of the molecule is CN(CCC(=O)Nc1ccc(Cl)c(Cl)c1)C1CCS(=O)(=O)C1. The summed E-state index contributed by atoms with van der Waals surface area (Å²) in [6, 6.07) is 4.89. The fourth-order valence-corrected chi connectivity index (χ4v) is 4.48. The minimum Gasteiger partial charge on any atom is -0.326 e.